The summed E-state index contributed by atoms with van der Waals surface area (Å²) in [6.07, 6.45) is 5.39. The third kappa shape index (κ3) is 3.36. The average molecular weight is 335 g/mol. The lowest BCUT2D eigenvalue weighted by molar-refractivity contribution is -0.125. The number of para-hydroxylation sites is 1. The molecule has 4 rings (SSSR count). The Morgan fingerprint density at radius 3 is 3.16 bits per heavy atom. The summed E-state index contributed by atoms with van der Waals surface area (Å²) in [5.74, 6) is 0.894. The topological polar surface area (TPSA) is 55.6 Å². The average Bonchev–Trinajstić information content (AvgIpc) is 2.88. The van der Waals surface area contributed by atoms with Crippen molar-refractivity contribution in [3.05, 3.63) is 65.6 Å². The molecular weight excluding hydrogens is 314 g/mol. The lowest BCUT2D eigenvalue weighted by atomic mass is 9.96. The number of amides is 1. The van der Waals surface area contributed by atoms with Crippen LogP contribution < -0.4 is 10.1 Å². The Morgan fingerprint density at radius 1 is 1.36 bits per heavy atom. The van der Waals surface area contributed by atoms with Crippen LogP contribution in [-0.2, 0) is 17.8 Å². The fraction of sp³-hybridized carbons (Fsp3) is 0.300. The third-order valence-corrected chi connectivity index (χ3v) is 4.64. The van der Waals surface area contributed by atoms with Gasteiger partial charge in [-0.25, -0.2) is 4.98 Å². The summed E-state index contributed by atoms with van der Waals surface area (Å²) in [7, 11) is 0. The first-order valence-corrected chi connectivity index (χ1v) is 8.62. The van der Waals surface area contributed by atoms with E-state index in [1.165, 1.54) is 5.56 Å². The second-order valence-electron chi connectivity index (χ2n) is 6.57. The van der Waals surface area contributed by atoms with Crippen LogP contribution in [0.1, 0.15) is 23.2 Å². The highest BCUT2D eigenvalue weighted by molar-refractivity contribution is 5.79. The molecule has 0 fully saturated rings. The van der Waals surface area contributed by atoms with Crippen molar-refractivity contribution in [1.82, 2.24) is 14.7 Å². The van der Waals surface area contributed by atoms with Crippen LogP contribution in [0.2, 0.25) is 0 Å². The summed E-state index contributed by atoms with van der Waals surface area (Å²) >= 11 is 0. The molecule has 1 aliphatic rings. The molecule has 5 heteroatoms. The summed E-state index contributed by atoms with van der Waals surface area (Å²) in [5.41, 5.74) is 4.04. The SMILES string of the molecule is Cc1ccn2cc(CNC(=O)C3CCOc4ccccc4C3)nc2c1. The van der Waals surface area contributed by atoms with Crippen molar-refractivity contribution >= 4 is 11.6 Å². The van der Waals surface area contributed by atoms with E-state index in [2.05, 4.69) is 10.3 Å². The normalized spacial score (nSPS) is 16.8. The summed E-state index contributed by atoms with van der Waals surface area (Å²) < 4.78 is 7.72. The molecule has 0 saturated carbocycles. The second kappa shape index (κ2) is 6.59. The van der Waals surface area contributed by atoms with Gasteiger partial charge in [0.05, 0.1) is 18.8 Å². The Labute approximate surface area is 146 Å². The first-order chi connectivity index (χ1) is 12.2. The quantitative estimate of drug-likeness (QED) is 0.801. The molecule has 1 aliphatic heterocycles. The first kappa shape index (κ1) is 15.7. The molecule has 128 valence electrons. The maximum atomic E-state index is 12.6. The van der Waals surface area contributed by atoms with E-state index in [1.54, 1.807) is 0 Å². The first-order valence-electron chi connectivity index (χ1n) is 8.62. The number of hydrogen-bond acceptors (Lipinski definition) is 3. The smallest absolute Gasteiger partial charge is 0.223 e. The molecule has 0 spiro atoms. The molecule has 1 amide bonds. The fourth-order valence-electron chi connectivity index (χ4n) is 3.26. The van der Waals surface area contributed by atoms with Crippen molar-refractivity contribution in [2.75, 3.05) is 6.61 Å². The Morgan fingerprint density at radius 2 is 2.24 bits per heavy atom. The Hall–Kier alpha value is -2.82. The number of carbonyl (C=O) groups is 1. The van der Waals surface area contributed by atoms with Gasteiger partial charge in [0.2, 0.25) is 5.91 Å². The number of ether oxygens (including phenoxy) is 1. The van der Waals surface area contributed by atoms with E-state index >= 15 is 0 Å². The maximum Gasteiger partial charge on any atom is 0.223 e. The second-order valence-corrected chi connectivity index (χ2v) is 6.57. The number of imidazole rings is 1. The van der Waals surface area contributed by atoms with E-state index in [-0.39, 0.29) is 11.8 Å². The van der Waals surface area contributed by atoms with E-state index in [9.17, 15) is 4.79 Å². The lowest BCUT2D eigenvalue weighted by Gasteiger charge is -2.13. The van der Waals surface area contributed by atoms with Gasteiger partial charge in [-0.3, -0.25) is 4.79 Å². The van der Waals surface area contributed by atoms with Crippen molar-refractivity contribution in [2.45, 2.75) is 26.3 Å². The number of carbonyl (C=O) groups excluding carboxylic acids is 1. The van der Waals surface area contributed by atoms with Gasteiger partial charge in [-0.15, -0.1) is 0 Å². The molecule has 0 aliphatic carbocycles. The minimum Gasteiger partial charge on any atom is -0.493 e. The van der Waals surface area contributed by atoms with E-state index in [1.807, 2.05) is 60.1 Å². The van der Waals surface area contributed by atoms with Crippen LogP contribution in [0.5, 0.6) is 5.75 Å². The number of fused-ring (bicyclic) bond motifs is 2. The maximum absolute atomic E-state index is 12.6. The molecule has 1 unspecified atom stereocenters. The number of benzene rings is 1. The highest BCUT2D eigenvalue weighted by atomic mass is 16.5. The molecule has 3 heterocycles. The Bertz CT molecular complexity index is 916. The van der Waals surface area contributed by atoms with Crippen LogP contribution in [0.3, 0.4) is 0 Å². The number of aromatic nitrogens is 2. The van der Waals surface area contributed by atoms with E-state index < -0.39 is 0 Å². The molecule has 5 nitrogen and oxygen atoms in total. The van der Waals surface area contributed by atoms with Gasteiger partial charge in [0, 0.05) is 18.3 Å². The number of nitrogens with one attached hydrogen (secondary N) is 1. The van der Waals surface area contributed by atoms with Crippen LogP contribution in [0.15, 0.2) is 48.8 Å². The summed E-state index contributed by atoms with van der Waals surface area (Å²) in [5, 5.41) is 3.03. The monoisotopic (exact) mass is 335 g/mol. The van der Waals surface area contributed by atoms with Crippen molar-refractivity contribution in [3.63, 3.8) is 0 Å². The highest BCUT2D eigenvalue weighted by Gasteiger charge is 2.23. The van der Waals surface area contributed by atoms with E-state index in [4.69, 9.17) is 4.74 Å². The van der Waals surface area contributed by atoms with Gasteiger partial charge in [-0.2, -0.15) is 0 Å². The molecule has 1 atom stereocenters. The van der Waals surface area contributed by atoms with Crippen LogP contribution >= 0.6 is 0 Å². The molecule has 25 heavy (non-hydrogen) atoms. The molecule has 0 radical (unpaired) electrons. The summed E-state index contributed by atoms with van der Waals surface area (Å²) in [4.78, 5) is 17.2. The minimum absolute atomic E-state index is 0.0635. The molecule has 3 aromatic rings. The number of hydrogen-bond donors (Lipinski definition) is 1. The van der Waals surface area contributed by atoms with Crippen molar-refractivity contribution in [1.29, 1.82) is 0 Å². The minimum atomic E-state index is -0.0667. The third-order valence-electron chi connectivity index (χ3n) is 4.64. The van der Waals surface area contributed by atoms with Gasteiger partial charge in [0.25, 0.3) is 0 Å². The van der Waals surface area contributed by atoms with Gasteiger partial charge < -0.3 is 14.5 Å². The molecule has 1 aromatic carbocycles. The highest BCUT2D eigenvalue weighted by Crippen LogP contribution is 2.26. The number of aryl methyl sites for hydroxylation is 1. The van der Waals surface area contributed by atoms with E-state index in [0.29, 0.717) is 19.6 Å². The standard InChI is InChI=1S/C20H21N3O2/c1-14-6-8-23-13-17(22-19(23)10-14)12-21-20(24)16-7-9-25-18-5-3-2-4-15(18)11-16/h2-6,8,10,13,16H,7,9,11-12H2,1H3,(H,21,24). The van der Waals surface area contributed by atoms with Crippen LogP contribution in [0.4, 0.5) is 0 Å². The fourth-order valence-corrected chi connectivity index (χ4v) is 3.26. The van der Waals surface area contributed by atoms with Crippen LogP contribution in [-0.4, -0.2) is 21.9 Å². The van der Waals surface area contributed by atoms with Gasteiger partial charge in [0.1, 0.15) is 11.4 Å². The zero-order valence-corrected chi connectivity index (χ0v) is 14.2. The van der Waals surface area contributed by atoms with Gasteiger partial charge in [0.15, 0.2) is 0 Å². The summed E-state index contributed by atoms with van der Waals surface area (Å²) in [6, 6.07) is 12.0. The van der Waals surface area contributed by atoms with E-state index in [0.717, 1.165) is 29.1 Å². The van der Waals surface area contributed by atoms with Gasteiger partial charge in [-0.05, 0) is 49.1 Å². The predicted octanol–water partition coefficient (Wildman–Crippen LogP) is 2.90. The zero-order chi connectivity index (χ0) is 17.2. The Balaban J connectivity index is 1.43. The summed E-state index contributed by atoms with van der Waals surface area (Å²) in [6.45, 7) is 3.06. The molecule has 1 N–H and O–H groups in total. The number of rotatable bonds is 3. The van der Waals surface area contributed by atoms with Gasteiger partial charge in [-0.1, -0.05) is 18.2 Å². The van der Waals surface area contributed by atoms with Crippen molar-refractivity contribution < 1.29 is 9.53 Å². The number of pyridine rings is 1. The predicted molar refractivity (Wildman–Crippen MR) is 95.5 cm³/mol. The number of nitrogens with zero attached hydrogens (tertiary/aromatic N) is 2. The van der Waals surface area contributed by atoms with Crippen molar-refractivity contribution in [2.24, 2.45) is 5.92 Å². The Kier molecular flexibility index (Phi) is 4.14. The zero-order valence-electron chi connectivity index (χ0n) is 14.2. The molecular formula is C20H21N3O2. The molecule has 0 saturated heterocycles. The molecule has 2 aromatic heterocycles. The van der Waals surface area contributed by atoms with Crippen LogP contribution in [0, 0.1) is 12.8 Å². The van der Waals surface area contributed by atoms with Crippen LogP contribution in [0.25, 0.3) is 5.65 Å². The van der Waals surface area contributed by atoms with Gasteiger partial charge >= 0.3 is 0 Å². The lowest BCUT2D eigenvalue weighted by Crippen LogP contribution is -2.31. The molecule has 0 bridgehead atoms. The largest absolute Gasteiger partial charge is 0.493 e. The van der Waals surface area contributed by atoms with Crippen molar-refractivity contribution in [3.8, 4) is 5.75 Å².